The molecule has 0 amide bonds. The summed E-state index contributed by atoms with van der Waals surface area (Å²) in [6.07, 6.45) is 3.35. The molecule has 0 aliphatic rings. The first-order chi connectivity index (χ1) is 6.81. The Morgan fingerprint density at radius 3 is 2.64 bits per heavy atom. The van der Waals surface area contributed by atoms with Gasteiger partial charge in [-0.1, -0.05) is 11.6 Å². The zero-order valence-electron chi connectivity index (χ0n) is 6.94. The third kappa shape index (κ3) is 1.60. The smallest absolute Gasteiger partial charge is 0.158 e. The highest BCUT2D eigenvalue weighted by atomic mass is 35.5. The second kappa shape index (κ2) is 3.74. The summed E-state index contributed by atoms with van der Waals surface area (Å²) in [5.41, 5.74) is 0.924. The zero-order chi connectivity index (χ0) is 9.97. The Morgan fingerprint density at radius 2 is 2.07 bits per heavy atom. The number of pyridine rings is 1. The summed E-state index contributed by atoms with van der Waals surface area (Å²) in [6.45, 7) is 0. The number of nitrogens with zero attached hydrogens (tertiary/aromatic N) is 3. The van der Waals surface area contributed by atoms with Gasteiger partial charge in [-0.25, -0.2) is 4.98 Å². The van der Waals surface area contributed by atoms with Crippen LogP contribution in [0.5, 0.6) is 0 Å². The molecular formula is C9H4ClN3S. The van der Waals surface area contributed by atoms with Crippen LogP contribution >= 0.6 is 22.9 Å². The first-order valence-electron chi connectivity index (χ1n) is 3.78. The molecule has 2 rings (SSSR count). The van der Waals surface area contributed by atoms with Crippen molar-refractivity contribution in [2.75, 3.05) is 0 Å². The second-order valence-corrected chi connectivity index (χ2v) is 3.84. The second-order valence-electron chi connectivity index (χ2n) is 2.49. The van der Waals surface area contributed by atoms with Crippen LogP contribution in [0.15, 0.2) is 24.5 Å². The Bertz CT molecular complexity index is 487. The molecule has 0 saturated heterocycles. The Kier molecular flexibility index (Phi) is 2.44. The largest absolute Gasteiger partial charge is 0.265 e. The monoisotopic (exact) mass is 221 g/mol. The SMILES string of the molecule is N#Cc1sc(-c2ccncc2)nc1Cl. The molecule has 0 saturated carbocycles. The van der Waals surface area contributed by atoms with Crippen molar-refractivity contribution >= 4 is 22.9 Å². The van der Waals surface area contributed by atoms with Crippen LogP contribution in [0.3, 0.4) is 0 Å². The maximum Gasteiger partial charge on any atom is 0.158 e. The van der Waals surface area contributed by atoms with Gasteiger partial charge in [-0.3, -0.25) is 4.98 Å². The normalized spacial score (nSPS) is 9.71. The predicted molar refractivity (Wildman–Crippen MR) is 55.1 cm³/mol. The molecule has 0 fully saturated rings. The van der Waals surface area contributed by atoms with Crippen LogP contribution < -0.4 is 0 Å². The summed E-state index contributed by atoms with van der Waals surface area (Å²) < 4.78 is 0. The van der Waals surface area contributed by atoms with Crippen molar-refractivity contribution in [3.63, 3.8) is 0 Å². The van der Waals surface area contributed by atoms with Crippen LogP contribution in [0, 0.1) is 11.3 Å². The summed E-state index contributed by atoms with van der Waals surface area (Å²) in [5.74, 6) is 0. The molecule has 14 heavy (non-hydrogen) atoms. The molecule has 0 aliphatic heterocycles. The van der Waals surface area contributed by atoms with E-state index in [0.717, 1.165) is 10.6 Å². The first-order valence-corrected chi connectivity index (χ1v) is 4.97. The highest BCUT2D eigenvalue weighted by Crippen LogP contribution is 2.29. The van der Waals surface area contributed by atoms with Crippen LogP contribution in [0.1, 0.15) is 4.88 Å². The molecule has 5 heteroatoms. The van der Waals surface area contributed by atoms with E-state index >= 15 is 0 Å². The van der Waals surface area contributed by atoms with Crippen LogP contribution in [0.2, 0.25) is 5.15 Å². The molecule has 0 radical (unpaired) electrons. The Hall–Kier alpha value is -1.44. The highest BCUT2D eigenvalue weighted by Gasteiger charge is 2.09. The summed E-state index contributed by atoms with van der Waals surface area (Å²) in [7, 11) is 0. The first kappa shape index (κ1) is 9.13. The van der Waals surface area contributed by atoms with Gasteiger partial charge in [0.05, 0.1) is 0 Å². The third-order valence-electron chi connectivity index (χ3n) is 1.61. The van der Waals surface area contributed by atoms with Gasteiger partial charge in [0.2, 0.25) is 0 Å². The molecule has 68 valence electrons. The number of thiazole rings is 1. The van der Waals surface area contributed by atoms with Crippen molar-refractivity contribution in [2.24, 2.45) is 0 Å². The number of nitriles is 1. The van der Waals surface area contributed by atoms with Gasteiger partial charge in [-0.15, -0.1) is 11.3 Å². The molecule has 3 nitrogen and oxygen atoms in total. The average Bonchev–Trinajstić information content (AvgIpc) is 2.61. The lowest BCUT2D eigenvalue weighted by Crippen LogP contribution is -1.75. The van der Waals surface area contributed by atoms with Gasteiger partial charge in [0.1, 0.15) is 16.0 Å². The van der Waals surface area contributed by atoms with Crippen LogP contribution in [-0.2, 0) is 0 Å². The quantitative estimate of drug-likeness (QED) is 0.744. The van der Waals surface area contributed by atoms with Gasteiger partial charge in [-0.05, 0) is 12.1 Å². The van der Waals surface area contributed by atoms with E-state index < -0.39 is 0 Å². The topological polar surface area (TPSA) is 49.6 Å². The summed E-state index contributed by atoms with van der Waals surface area (Å²) in [5, 5.41) is 9.71. The number of rotatable bonds is 1. The Morgan fingerprint density at radius 1 is 1.36 bits per heavy atom. The number of hydrogen-bond donors (Lipinski definition) is 0. The molecule has 0 unspecified atom stereocenters. The maximum atomic E-state index is 8.70. The van der Waals surface area contributed by atoms with E-state index in [1.807, 2.05) is 18.2 Å². The maximum absolute atomic E-state index is 8.70. The Labute approximate surface area is 89.6 Å². The molecule has 0 aliphatic carbocycles. The van der Waals surface area contributed by atoms with E-state index in [-0.39, 0.29) is 5.15 Å². The molecule has 0 aromatic carbocycles. The fourth-order valence-electron chi connectivity index (χ4n) is 0.988. The van der Waals surface area contributed by atoms with Crippen molar-refractivity contribution in [1.29, 1.82) is 5.26 Å². The molecule has 0 bridgehead atoms. The lowest BCUT2D eigenvalue weighted by atomic mass is 10.3. The van der Waals surface area contributed by atoms with Crippen molar-refractivity contribution < 1.29 is 0 Å². The van der Waals surface area contributed by atoms with Crippen molar-refractivity contribution in [1.82, 2.24) is 9.97 Å². The zero-order valence-corrected chi connectivity index (χ0v) is 8.51. The number of halogens is 1. The minimum Gasteiger partial charge on any atom is -0.265 e. The summed E-state index contributed by atoms with van der Waals surface area (Å²) in [6, 6.07) is 5.65. The van der Waals surface area contributed by atoms with Crippen LogP contribution in [0.25, 0.3) is 10.6 Å². The van der Waals surface area contributed by atoms with Crippen molar-refractivity contribution in [3.05, 3.63) is 34.6 Å². The number of hydrogen-bond acceptors (Lipinski definition) is 4. The lowest BCUT2D eigenvalue weighted by Gasteiger charge is -1.91. The predicted octanol–water partition coefficient (Wildman–Crippen LogP) is 2.73. The minimum atomic E-state index is 0.268. The van der Waals surface area contributed by atoms with E-state index in [1.165, 1.54) is 11.3 Å². The van der Waals surface area contributed by atoms with Gasteiger partial charge < -0.3 is 0 Å². The van der Waals surface area contributed by atoms with E-state index in [0.29, 0.717) is 4.88 Å². The fourth-order valence-corrected chi connectivity index (χ4v) is 2.04. The Balaban J connectivity index is 2.50. The standard InChI is InChI=1S/C9H4ClN3S/c10-8-7(5-11)14-9(13-8)6-1-3-12-4-2-6/h1-4H. The van der Waals surface area contributed by atoms with E-state index in [4.69, 9.17) is 16.9 Å². The van der Waals surface area contributed by atoms with Gasteiger partial charge in [0.25, 0.3) is 0 Å². The minimum absolute atomic E-state index is 0.268. The molecule has 0 N–H and O–H groups in total. The molecule has 2 aromatic heterocycles. The third-order valence-corrected chi connectivity index (χ3v) is 3.01. The molecule has 0 spiro atoms. The summed E-state index contributed by atoms with van der Waals surface area (Å²) in [4.78, 5) is 8.43. The van der Waals surface area contributed by atoms with E-state index in [2.05, 4.69) is 9.97 Å². The van der Waals surface area contributed by atoms with Crippen molar-refractivity contribution in [2.45, 2.75) is 0 Å². The fraction of sp³-hybridized carbons (Fsp3) is 0. The summed E-state index contributed by atoms with van der Waals surface area (Å²) >= 11 is 7.04. The van der Waals surface area contributed by atoms with E-state index in [9.17, 15) is 0 Å². The lowest BCUT2D eigenvalue weighted by molar-refractivity contribution is 1.32. The van der Waals surface area contributed by atoms with Gasteiger partial charge in [-0.2, -0.15) is 5.26 Å². The molecule has 2 heterocycles. The van der Waals surface area contributed by atoms with Gasteiger partial charge >= 0.3 is 0 Å². The van der Waals surface area contributed by atoms with Gasteiger partial charge in [0.15, 0.2) is 5.15 Å². The van der Waals surface area contributed by atoms with Crippen molar-refractivity contribution in [3.8, 4) is 16.6 Å². The average molecular weight is 222 g/mol. The highest BCUT2D eigenvalue weighted by molar-refractivity contribution is 7.16. The molecule has 0 atom stereocenters. The molecular weight excluding hydrogens is 218 g/mol. The van der Waals surface area contributed by atoms with Crippen LogP contribution in [-0.4, -0.2) is 9.97 Å². The van der Waals surface area contributed by atoms with Crippen LogP contribution in [0.4, 0.5) is 0 Å². The van der Waals surface area contributed by atoms with Gasteiger partial charge in [0, 0.05) is 18.0 Å². The number of aromatic nitrogens is 2. The molecule has 2 aromatic rings. The van der Waals surface area contributed by atoms with E-state index in [1.54, 1.807) is 12.4 Å².